The van der Waals surface area contributed by atoms with Gasteiger partial charge in [0.15, 0.2) is 0 Å². The van der Waals surface area contributed by atoms with Crippen LogP contribution in [0.4, 0.5) is 0 Å². The lowest BCUT2D eigenvalue weighted by molar-refractivity contribution is 0.281. The van der Waals surface area contributed by atoms with E-state index >= 15 is 0 Å². The molecular formula is C9H7BrN2OS. The molecule has 0 unspecified atom stereocenters. The molecule has 2 rings (SSSR count). The van der Waals surface area contributed by atoms with Crippen molar-refractivity contribution >= 4 is 27.3 Å². The quantitative estimate of drug-likeness (QED) is 0.912. The van der Waals surface area contributed by atoms with Gasteiger partial charge < -0.3 is 5.11 Å². The average Bonchev–Trinajstić information content (AvgIpc) is 2.61. The SMILES string of the molecule is OCc1nc(-c2cccnc2)c(Br)s1. The molecule has 3 nitrogen and oxygen atoms in total. The number of aliphatic hydroxyl groups is 1. The van der Waals surface area contributed by atoms with Crippen molar-refractivity contribution in [2.75, 3.05) is 0 Å². The van der Waals surface area contributed by atoms with Crippen molar-refractivity contribution in [1.82, 2.24) is 9.97 Å². The van der Waals surface area contributed by atoms with Crippen LogP contribution in [0, 0.1) is 0 Å². The van der Waals surface area contributed by atoms with Gasteiger partial charge in [0.2, 0.25) is 0 Å². The first-order valence-corrected chi connectivity index (χ1v) is 5.58. The van der Waals surface area contributed by atoms with Crippen LogP contribution in [0.3, 0.4) is 0 Å². The second kappa shape index (κ2) is 4.16. The maximum atomic E-state index is 8.93. The van der Waals surface area contributed by atoms with Crippen LogP contribution < -0.4 is 0 Å². The van der Waals surface area contributed by atoms with Gasteiger partial charge in [-0.3, -0.25) is 4.98 Å². The normalized spacial score (nSPS) is 10.4. The fourth-order valence-electron chi connectivity index (χ4n) is 1.09. The molecule has 0 atom stereocenters. The Hall–Kier alpha value is -0.780. The van der Waals surface area contributed by atoms with Gasteiger partial charge in [0.25, 0.3) is 0 Å². The van der Waals surface area contributed by atoms with E-state index in [0.29, 0.717) is 5.01 Å². The third-order valence-electron chi connectivity index (χ3n) is 1.70. The minimum absolute atomic E-state index is 0.0243. The Balaban J connectivity index is 2.46. The zero-order valence-electron chi connectivity index (χ0n) is 7.14. The van der Waals surface area contributed by atoms with Crippen LogP contribution in [0.5, 0.6) is 0 Å². The standard InChI is InChI=1S/C9H7BrN2OS/c10-9-8(12-7(5-13)14-9)6-2-1-3-11-4-6/h1-4,13H,5H2. The molecule has 0 radical (unpaired) electrons. The Kier molecular flexibility index (Phi) is 2.90. The summed E-state index contributed by atoms with van der Waals surface area (Å²) in [7, 11) is 0. The lowest BCUT2D eigenvalue weighted by Crippen LogP contribution is -1.83. The molecule has 1 N–H and O–H groups in total. The van der Waals surface area contributed by atoms with E-state index in [0.717, 1.165) is 15.0 Å². The topological polar surface area (TPSA) is 46.0 Å². The Labute approximate surface area is 93.6 Å². The smallest absolute Gasteiger partial charge is 0.120 e. The number of aromatic nitrogens is 2. The van der Waals surface area contributed by atoms with Gasteiger partial charge in [-0.2, -0.15) is 0 Å². The summed E-state index contributed by atoms with van der Waals surface area (Å²) in [5, 5.41) is 9.64. The molecule has 2 heterocycles. The maximum absolute atomic E-state index is 8.93. The second-order valence-corrected chi connectivity index (χ2v) is 5.03. The first kappa shape index (κ1) is 9.76. The monoisotopic (exact) mass is 270 g/mol. The van der Waals surface area contributed by atoms with Gasteiger partial charge in [-0.1, -0.05) is 0 Å². The van der Waals surface area contributed by atoms with Crippen LogP contribution in [-0.4, -0.2) is 15.1 Å². The summed E-state index contributed by atoms with van der Waals surface area (Å²) in [6.07, 6.45) is 3.47. The molecule has 0 fully saturated rings. The third kappa shape index (κ3) is 1.84. The summed E-state index contributed by atoms with van der Waals surface area (Å²) in [6.45, 7) is -0.0243. The van der Waals surface area contributed by atoms with E-state index < -0.39 is 0 Å². The van der Waals surface area contributed by atoms with Gasteiger partial charge in [0, 0.05) is 18.0 Å². The van der Waals surface area contributed by atoms with Crippen molar-refractivity contribution in [3.05, 3.63) is 33.3 Å². The molecule has 0 spiro atoms. The molecule has 0 bridgehead atoms. The highest BCUT2D eigenvalue weighted by molar-refractivity contribution is 9.11. The molecule has 5 heteroatoms. The average molecular weight is 271 g/mol. The van der Waals surface area contributed by atoms with E-state index in [2.05, 4.69) is 25.9 Å². The summed E-state index contributed by atoms with van der Waals surface area (Å²) >= 11 is 4.85. The zero-order chi connectivity index (χ0) is 9.97. The van der Waals surface area contributed by atoms with Crippen LogP contribution in [0.2, 0.25) is 0 Å². The van der Waals surface area contributed by atoms with Crippen LogP contribution >= 0.6 is 27.3 Å². The van der Waals surface area contributed by atoms with Crippen molar-refractivity contribution in [3.63, 3.8) is 0 Å². The Morgan fingerprint density at radius 2 is 2.36 bits per heavy atom. The number of hydrogen-bond donors (Lipinski definition) is 1. The highest BCUT2D eigenvalue weighted by Crippen LogP contribution is 2.32. The van der Waals surface area contributed by atoms with E-state index in [1.807, 2.05) is 12.1 Å². The maximum Gasteiger partial charge on any atom is 0.120 e. The van der Waals surface area contributed by atoms with Crippen molar-refractivity contribution in [1.29, 1.82) is 0 Å². The molecule has 0 aliphatic carbocycles. The van der Waals surface area contributed by atoms with E-state index in [1.165, 1.54) is 11.3 Å². The predicted molar refractivity (Wildman–Crippen MR) is 59.0 cm³/mol. The molecule has 0 aromatic carbocycles. The molecule has 0 aliphatic heterocycles. The Morgan fingerprint density at radius 3 is 2.93 bits per heavy atom. The van der Waals surface area contributed by atoms with Gasteiger partial charge in [-0.05, 0) is 28.1 Å². The predicted octanol–water partition coefficient (Wildman–Crippen LogP) is 2.46. The van der Waals surface area contributed by atoms with Gasteiger partial charge in [0.1, 0.15) is 5.01 Å². The third-order valence-corrected chi connectivity index (χ3v) is 3.39. The van der Waals surface area contributed by atoms with E-state index in [1.54, 1.807) is 12.4 Å². The number of pyridine rings is 1. The second-order valence-electron chi connectivity index (χ2n) is 2.63. The molecule has 0 saturated carbocycles. The van der Waals surface area contributed by atoms with Gasteiger partial charge in [0.05, 0.1) is 16.1 Å². The van der Waals surface area contributed by atoms with Crippen LogP contribution in [0.15, 0.2) is 28.3 Å². The highest BCUT2D eigenvalue weighted by Gasteiger charge is 2.09. The lowest BCUT2D eigenvalue weighted by Gasteiger charge is -1.94. The van der Waals surface area contributed by atoms with Crippen molar-refractivity contribution in [3.8, 4) is 11.3 Å². The van der Waals surface area contributed by atoms with Crippen molar-refractivity contribution in [2.24, 2.45) is 0 Å². The summed E-state index contributed by atoms with van der Waals surface area (Å²) in [5.41, 5.74) is 1.79. The van der Waals surface area contributed by atoms with E-state index in [9.17, 15) is 0 Å². The number of aliphatic hydroxyl groups excluding tert-OH is 1. The Bertz CT molecular complexity index is 430. The minimum Gasteiger partial charge on any atom is -0.389 e. The van der Waals surface area contributed by atoms with Crippen molar-refractivity contribution in [2.45, 2.75) is 6.61 Å². The summed E-state index contributed by atoms with van der Waals surface area (Å²) in [5.74, 6) is 0. The highest BCUT2D eigenvalue weighted by atomic mass is 79.9. The van der Waals surface area contributed by atoms with Crippen LogP contribution in [0.1, 0.15) is 5.01 Å². The summed E-state index contributed by atoms with van der Waals surface area (Å²) in [4.78, 5) is 8.30. The van der Waals surface area contributed by atoms with Gasteiger partial charge >= 0.3 is 0 Å². The number of hydrogen-bond acceptors (Lipinski definition) is 4. The molecule has 72 valence electrons. The van der Waals surface area contributed by atoms with E-state index in [4.69, 9.17) is 5.11 Å². The van der Waals surface area contributed by atoms with Gasteiger partial charge in [-0.25, -0.2) is 4.98 Å². The fraction of sp³-hybridized carbons (Fsp3) is 0.111. The largest absolute Gasteiger partial charge is 0.389 e. The molecule has 0 aliphatic rings. The molecule has 2 aromatic heterocycles. The summed E-state index contributed by atoms with van der Waals surface area (Å²) in [6, 6.07) is 3.80. The van der Waals surface area contributed by atoms with Crippen molar-refractivity contribution < 1.29 is 5.11 Å². The number of rotatable bonds is 2. The molecule has 0 saturated heterocycles. The Morgan fingerprint density at radius 1 is 1.50 bits per heavy atom. The molecular weight excluding hydrogens is 264 g/mol. The zero-order valence-corrected chi connectivity index (χ0v) is 9.55. The first-order valence-electron chi connectivity index (χ1n) is 3.97. The number of thiazole rings is 1. The molecule has 0 amide bonds. The molecule has 2 aromatic rings. The lowest BCUT2D eigenvalue weighted by atomic mass is 10.2. The van der Waals surface area contributed by atoms with E-state index in [-0.39, 0.29) is 6.61 Å². The summed E-state index contributed by atoms with van der Waals surface area (Å²) < 4.78 is 0.926. The first-order chi connectivity index (χ1) is 6.81. The van der Waals surface area contributed by atoms with Crippen LogP contribution in [0.25, 0.3) is 11.3 Å². The number of halogens is 1. The number of nitrogens with zero attached hydrogens (tertiary/aromatic N) is 2. The van der Waals surface area contributed by atoms with Gasteiger partial charge in [-0.15, -0.1) is 11.3 Å². The minimum atomic E-state index is -0.0243. The van der Waals surface area contributed by atoms with Crippen LogP contribution in [-0.2, 0) is 6.61 Å². The fourth-order valence-corrected chi connectivity index (χ4v) is 2.64. The molecule has 14 heavy (non-hydrogen) atoms.